The Bertz CT molecular complexity index is 75.9. The van der Waals surface area contributed by atoms with E-state index in [9.17, 15) is 0 Å². The lowest BCUT2D eigenvalue weighted by molar-refractivity contribution is 0.195. The van der Waals surface area contributed by atoms with E-state index in [1.54, 1.807) is 7.11 Å². The van der Waals surface area contributed by atoms with Crippen molar-refractivity contribution in [2.45, 2.75) is 45.6 Å². The minimum absolute atomic E-state index is 0.645. The average Bonchev–Trinajstić information content (AvgIpc) is 2.06. The molecule has 1 atom stereocenters. The molecule has 0 amide bonds. The maximum atomic E-state index is 4.96. The molecular formula is C10H23NO. The van der Waals surface area contributed by atoms with Crippen LogP contribution in [0.1, 0.15) is 39.5 Å². The first-order chi connectivity index (χ1) is 5.81. The molecule has 0 bridgehead atoms. The van der Waals surface area contributed by atoms with Crippen LogP contribution in [0, 0.1) is 0 Å². The van der Waals surface area contributed by atoms with Crippen molar-refractivity contribution in [3.8, 4) is 0 Å². The molecule has 0 radical (unpaired) electrons. The van der Waals surface area contributed by atoms with Crippen molar-refractivity contribution >= 4 is 0 Å². The zero-order chi connectivity index (χ0) is 9.23. The summed E-state index contributed by atoms with van der Waals surface area (Å²) in [6, 6.07) is 0.645. The Morgan fingerprint density at radius 2 is 2.08 bits per heavy atom. The third kappa shape index (κ3) is 8.02. The number of methoxy groups -OCH3 is 1. The number of nitrogens with one attached hydrogen (secondary N) is 1. The van der Waals surface area contributed by atoms with Gasteiger partial charge in [-0.3, -0.25) is 0 Å². The summed E-state index contributed by atoms with van der Waals surface area (Å²) in [4.78, 5) is 0. The van der Waals surface area contributed by atoms with E-state index in [0.717, 1.165) is 13.2 Å². The number of unbranched alkanes of at least 4 members (excludes halogenated alkanes) is 2. The van der Waals surface area contributed by atoms with Crippen LogP contribution in [0.3, 0.4) is 0 Å². The summed E-state index contributed by atoms with van der Waals surface area (Å²) < 4.78 is 4.96. The normalized spacial score (nSPS) is 13.2. The van der Waals surface area contributed by atoms with Crippen LogP contribution in [0.5, 0.6) is 0 Å². The van der Waals surface area contributed by atoms with Gasteiger partial charge in [0.15, 0.2) is 0 Å². The number of hydrogen-bond acceptors (Lipinski definition) is 2. The van der Waals surface area contributed by atoms with Gasteiger partial charge in [0.1, 0.15) is 0 Å². The summed E-state index contributed by atoms with van der Waals surface area (Å²) in [6.45, 7) is 6.27. The van der Waals surface area contributed by atoms with Crippen molar-refractivity contribution in [2.75, 3.05) is 20.3 Å². The standard InChI is InChI=1S/C10H23NO/c1-4-5-6-7-10(2)11-8-9-12-3/h10-11H,4-9H2,1-3H3. The molecule has 0 aliphatic heterocycles. The van der Waals surface area contributed by atoms with Gasteiger partial charge in [0.05, 0.1) is 6.61 Å². The maximum absolute atomic E-state index is 4.96. The lowest BCUT2D eigenvalue weighted by Gasteiger charge is -2.12. The predicted molar refractivity (Wildman–Crippen MR) is 53.5 cm³/mol. The van der Waals surface area contributed by atoms with Crippen molar-refractivity contribution in [1.82, 2.24) is 5.32 Å². The summed E-state index contributed by atoms with van der Waals surface area (Å²) in [5, 5.41) is 3.42. The minimum atomic E-state index is 0.645. The summed E-state index contributed by atoms with van der Waals surface area (Å²) in [5.41, 5.74) is 0. The summed E-state index contributed by atoms with van der Waals surface area (Å²) in [6.07, 6.45) is 5.30. The Balaban J connectivity index is 3.04. The molecule has 0 saturated carbocycles. The average molecular weight is 173 g/mol. The highest BCUT2D eigenvalue weighted by molar-refractivity contribution is 4.59. The molecule has 0 aromatic carbocycles. The molecule has 0 fully saturated rings. The number of rotatable bonds is 8. The Morgan fingerprint density at radius 3 is 2.67 bits per heavy atom. The van der Waals surface area contributed by atoms with Gasteiger partial charge in [-0.15, -0.1) is 0 Å². The third-order valence-corrected chi connectivity index (χ3v) is 2.04. The van der Waals surface area contributed by atoms with E-state index in [0.29, 0.717) is 6.04 Å². The monoisotopic (exact) mass is 173 g/mol. The molecule has 0 aromatic heterocycles. The quantitative estimate of drug-likeness (QED) is 0.568. The van der Waals surface area contributed by atoms with Crippen LogP contribution < -0.4 is 5.32 Å². The van der Waals surface area contributed by atoms with Gasteiger partial charge in [-0.1, -0.05) is 26.2 Å². The van der Waals surface area contributed by atoms with Crippen LogP contribution >= 0.6 is 0 Å². The molecule has 74 valence electrons. The van der Waals surface area contributed by atoms with Crippen LogP contribution in [0.4, 0.5) is 0 Å². The lowest BCUT2D eigenvalue weighted by atomic mass is 10.1. The molecule has 1 unspecified atom stereocenters. The minimum Gasteiger partial charge on any atom is -0.383 e. The van der Waals surface area contributed by atoms with E-state index in [2.05, 4.69) is 19.2 Å². The first-order valence-corrected chi connectivity index (χ1v) is 5.03. The van der Waals surface area contributed by atoms with Crippen LogP contribution in [0.15, 0.2) is 0 Å². The molecule has 2 nitrogen and oxygen atoms in total. The third-order valence-electron chi connectivity index (χ3n) is 2.04. The van der Waals surface area contributed by atoms with Crippen LogP contribution in [0.2, 0.25) is 0 Å². The highest BCUT2D eigenvalue weighted by atomic mass is 16.5. The Hall–Kier alpha value is -0.0800. The highest BCUT2D eigenvalue weighted by Crippen LogP contribution is 2.02. The molecule has 0 saturated heterocycles. The molecule has 0 rings (SSSR count). The zero-order valence-electron chi connectivity index (χ0n) is 8.73. The van der Waals surface area contributed by atoms with Gasteiger partial charge in [0.25, 0.3) is 0 Å². The van der Waals surface area contributed by atoms with E-state index in [4.69, 9.17) is 4.74 Å². The Morgan fingerprint density at radius 1 is 1.33 bits per heavy atom. The van der Waals surface area contributed by atoms with E-state index >= 15 is 0 Å². The Kier molecular flexibility index (Phi) is 8.95. The second-order valence-corrected chi connectivity index (χ2v) is 3.34. The van der Waals surface area contributed by atoms with Crippen LogP contribution in [-0.4, -0.2) is 26.3 Å². The molecular weight excluding hydrogens is 150 g/mol. The predicted octanol–water partition coefficient (Wildman–Crippen LogP) is 2.19. The Labute approximate surface area is 76.7 Å². The van der Waals surface area contributed by atoms with Gasteiger partial charge in [-0.25, -0.2) is 0 Å². The first-order valence-electron chi connectivity index (χ1n) is 5.03. The number of hydrogen-bond donors (Lipinski definition) is 1. The van der Waals surface area contributed by atoms with Crippen molar-refractivity contribution in [3.05, 3.63) is 0 Å². The van der Waals surface area contributed by atoms with Crippen molar-refractivity contribution in [2.24, 2.45) is 0 Å². The fraction of sp³-hybridized carbons (Fsp3) is 1.00. The van der Waals surface area contributed by atoms with E-state index in [1.807, 2.05) is 0 Å². The van der Waals surface area contributed by atoms with Gasteiger partial charge in [-0.2, -0.15) is 0 Å². The van der Waals surface area contributed by atoms with E-state index < -0.39 is 0 Å². The largest absolute Gasteiger partial charge is 0.383 e. The highest BCUT2D eigenvalue weighted by Gasteiger charge is 1.98. The molecule has 0 heterocycles. The van der Waals surface area contributed by atoms with Crippen LogP contribution in [-0.2, 0) is 4.74 Å². The molecule has 1 N–H and O–H groups in total. The molecule has 0 aromatic rings. The van der Waals surface area contributed by atoms with Gasteiger partial charge < -0.3 is 10.1 Å². The second kappa shape index (κ2) is 9.01. The second-order valence-electron chi connectivity index (χ2n) is 3.34. The van der Waals surface area contributed by atoms with Gasteiger partial charge >= 0.3 is 0 Å². The van der Waals surface area contributed by atoms with Crippen molar-refractivity contribution < 1.29 is 4.74 Å². The maximum Gasteiger partial charge on any atom is 0.0587 e. The lowest BCUT2D eigenvalue weighted by Crippen LogP contribution is -2.29. The molecule has 0 aliphatic carbocycles. The van der Waals surface area contributed by atoms with Crippen molar-refractivity contribution in [3.63, 3.8) is 0 Å². The molecule has 0 spiro atoms. The molecule has 12 heavy (non-hydrogen) atoms. The van der Waals surface area contributed by atoms with E-state index in [-0.39, 0.29) is 0 Å². The molecule has 2 heteroatoms. The smallest absolute Gasteiger partial charge is 0.0587 e. The fourth-order valence-electron chi connectivity index (χ4n) is 1.21. The topological polar surface area (TPSA) is 21.3 Å². The van der Waals surface area contributed by atoms with Crippen LogP contribution in [0.25, 0.3) is 0 Å². The number of ether oxygens (including phenoxy) is 1. The van der Waals surface area contributed by atoms with E-state index in [1.165, 1.54) is 25.7 Å². The fourth-order valence-corrected chi connectivity index (χ4v) is 1.21. The first kappa shape index (κ1) is 11.9. The van der Waals surface area contributed by atoms with Gasteiger partial charge in [0.2, 0.25) is 0 Å². The zero-order valence-corrected chi connectivity index (χ0v) is 8.73. The van der Waals surface area contributed by atoms with Gasteiger partial charge in [-0.05, 0) is 13.3 Å². The summed E-state index contributed by atoms with van der Waals surface area (Å²) in [5.74, 6) is 0. The summed E-state index contributed by atoms with van der Waals surface area (Å²) in [7, 11) is 1.74. The van der Waals surface area contributed by atoms with Crippen molar-refractivity contribution in [1.29, 1.82) is 0 Å². The molecule has 0 aliphatic rings. The van der Waals surface area contributed by atoms with Gasteiger partial charge in [0, 0.05) is 19.7 Å². The SMILES string of the molecule is CCCCCC(C)NCCOC. The summed E-state index contributed by atoms with van der Waals surface area (Å²) >= 11 is 0.